The van der Waals surface area contributed by atoms with Gasteiger partial charge in [-0.15, -0.1) is 24.0 Å². The molecule has 2 aliphatic rings. The maximum atomic E-state index is 6.36. The number of nitrogens with zero attached hydrogens (tertiary/aromatic N) is 4. The van der Waals surface area contributed by atoms with Crippen LogP contribution in [0, 0.1) is 5.92 Å². The van der Waals surface area contributed by atoms with E-state index in [0.29, 0.717) is 12.0 Å². The third kappa shape index (κ3) is 6.13. The van der Waals surface area contributed by atoms with E-state index in [1.165, 1.54) is 25.9 Å². The van der Waals surface area contributed by atoms with Crippen LogP contribution in [0.2, 0.25) is 5.02 Å². The molecule has 0 amide bonds. The van der Waals surface area contributed by atoms with Crippen molar-refractivity contribution in [1.82, 2.24) is 15.1 Å². The van der Waals surface area contributed by atoms with E-state index in [1.807, 2.05) is 19.2 Å². The normalized spacial score (nSPS) is 21.6. The molecule has 5 nitrogen and oxygen atoms in total. The molecule has 158 valence electrons. The van der Waals surface area contributed by atoms with Crippen molar-refractivity contribution in [3.05, 3.63) is 29.3 Å². The van der Waals surface area contributed by atoms with Crippen molar-refractivity contribution in [2.24, 2.45) is 10.9 Å². The number of aliphatic imine (C=N–C) groups is 1. The summed E-state index contributed by atoms with van der Waals surface area (Å²) in [6.45, 7) is 11.9. The largest absolute Gasteiger partial charge is 0.367 e. The SMILES string of the molecule is CN=C(NCC1CCCN(C(C)C)C1)N1CCN(c2ccccc2Cl)CC1.I. The van der Waals surface area contributed by atoms with Crippen molar-refractivity contribution in [3.8, 4) is 0 Å². The number of anilines is 1. The molecule has 0 spiro atoms. The lowest BCUT2D eigenvalue weighted by molar-refractivity contribution is 0.140. The molecule has 1 N–H and O–H groups in total. The number of hydrogen-bond donors (Lipinski definition) is 1. The fourth-order valence-corrected chi connectivity index (χ4v) is 4.42. The molecule has 28 heavy (non-hydrogen) atoms. The van der Waals surface area contributed by atoms with Crippen LogP contribution in [-0.2, 0) is 0 Å². The molecule has 0 aromatic heterocycles. The Balaban J connectivity index is 0.00000280. The number of hydrogen-bond acceptors (Lipinski definition) is 3. The second-order valence-electron chi connectivity index (χ2n) is 7.95. The average Bonchev–Trinajstić information content (AvgIpc) is 2.69. The number of nitrogens with one attached hydrogen (secondary N) is 1. The molecule has 0 bridgehead atoms. The van der Waals surface area contributed by atoms with Gasteiger partial charge in [-0.3, -0.25) is 4.99 Å². The number of rotatable bonds is 4. The molecular formula is C21H35ClIN5. The molecule has 1 atom stereocenters. The second kappa shape index (κ2) is 11.5. The van der Waals surface area contributed by atoms with E-state index in [2.05, 4.69) is 51.0 Å². The van der Waals surface area contributed by atoms with Gasteiger partial charge in [-0.05, 0) is 51.3 Å². The third-order valence-electron chi connectivity index (χ3n) is 5.81. The molecule has 2 saturated heterocycles. The van der Waals surface area contributed by atoms with E-state index < -0.39 is 0 Å². The van der Waals surface area contributed by atoms with Crippen molar-refractivity contribution in [2.75, 3.05) is 57.8 Å². The molecule has 2 heterocycles. The smallest absolute Gasteiger partial charge is 0.193 e. The highest BCUT2D eigenvalue weighted by Gasteiger charge is 2.24. The Morgan fingerprint density at radius 3 is 2.54 bits per heavy atom. The maximum Gasteiger partial charge on any atom is 0.193 e. The van der Waals surface area contributed by atoms with Crippen molar-refractivity contribution in [2.45, 2.75) is 32.7 Å². The summed E-state index contributed by atoms with van der Waals surface area (Å²) in [5.74, 6) is 1.75. The van der Waals surface area contributed by atoms with Crippen LogP contribution in [0.5, 0.6) is 0 Å². The van der Waals surface area contributed by atoms with Crippen LogP contribution >= 0.6 is 35.6 Å². The summed E-state index contributed by atoms with van der Waals surface area (Å²) in [6, 6.07) is 8.76. The Hall–Kier alpha value is -0.730. The van der Waals surface area contributed by atoms with Gasteiger partial charge in [-0.1, -0.05) is 23.7 Å². The monoisotopic (exact) mass is 519 g/mol. The minimum Gasteiger partial charge on any atom is -0.367 e. The van der Waals surface area contributed by atoms with Crippen LogP contribution in [0.1, 0.15) is 26.7 Å². The van der Waals surface area contributed by atoms with Crippen LogP contribution in [0.3, 0.4) is 0 Å². The standard InChI is InChI=1S/C21H34ClN5.HI/c1-17(2)27-10-6-7-18(16-27)15-24-21(23-3)26-13-11-25(12-14-26)20-9-5-4-8-19(20)22;/h4-5,8-9,17-18H,6-7,10-16H2,1-3H3,(H,23,24);1H. The van der Waals surface area contributed by atoms with Gasteiger partial charge < -0.3 is 20.0 Å². The minimum absolute atomic E-state index is 0. The third-order valence-corrected chi connectivity index (χ3v) is 6.13. The number of likely N-dealkylation sites (tertiary alicyclic amines) is 1. The molecule has 0 saturated carbocycles. The van der Waals surface area contributed by atoms with Gasteiger partial charge in [0.15, 0.2) is 5.96 Å². The minimum atomic E-state index is 0. The molecule has 1 aromatic carbocycles. The Morgan fingerprint density at radius 1 is 1.18 bits per heavy atom. The predicted molar refractivity (Wildman–Crippen MR) is 131 cm³/mol. The maximum absolute atomic E-state index is 6.36. The first kappa shape index (κ1) is 23.5. The van der Waals surface area contributed by atoms with Gasteiger partial charge in [0.1, 0.15) is 0 Å². The first-order chi connectivity index (χ1) is 13.1. The quantitative estimate of drug-likeness (QED) is 0.373. The van der Waals surface area contributed by atoms with E-state index in [9.17, 15) is 0 Å². The van der Waals surface area contributed by atoms with Crippen molar-refractivity contribution < 1.29 is 0 Å². The summed E-state index contributed by atoms with van der Waals surface area (Å²) in [4.78, 5) is 11.9. The van der Waals surface area contributed by atoms with Gasteiger partial charge in [0.25, 0.3) is 0 Å². The van der Waals surface area contributed by atoms with E-state index in [4.69, 9.17) is 11.6 Å². The van der Waals surface area contributed by atoms with Gasteiger partial charge >= 0.3 is 0 Å². The molecule has 2 aliphatic heterocycles. The highest BCUT2D eigenvalue weighted by molar-refractivity contribution is 14.0. The number of guanidine groups is 1. The number of halogens is 2. The summed E-state index contributed by atoms with van der Waals surface area (Å²) in [5.41, 5.74) is 1.14. The lowest BCUT2D eigenvalue weighted by Crippen LogP contribution is -2.53. The topological polar surface area (TPSA) is 34.1 Å². The van der Waals surface area contributed by atoms with E-state index in [0.717, 1.165) is 49.4 Å². The lowest BCUT2D eigenvalue weighted by Gasteiger charge is -2.39. The number of benzene rings is 1. The summed E-state index contributed by atoms with van der Waals surface area (Å²) >= 11 is 6.36. The van der Waals surface area contributed by atoms with Gasteiger partial charge in [0, 0.05) is 52.4 Å². The van der Waals surface area contributed by atoms with Crippen molar-refractivity contribution in [1.29, 1.82) is 0 Å². The highest BCUT2D eigenvalue weighted by atomic mass is 127. The molecule has 0 radical (unpaired) electrons. The van der Waals surface area contributed by atoms with Crippen molar-refractivity contribution >= 4 is 47.2 Å². The van der Waals surface area contributed by atoms with Crippen LogP contribution in [0.4, 0.5) is 5.69 Å². The zero-order valence-corrected chi connectivity index (χ0v) is 20.5. The summed E-state index contributed by atoms with van der Waals surface area (Å²) in [6.07, 6.45) is 2.62. The lowest BCUT2D eigenvalue weighted by atomic mass is 9.97. The van der Waals surface area contributed by atoms with Crippen LogP contribution in [-0.4, -0.2) is 74.7 Å². The van der Waals surface area contributed by atoms with Crippen LogP contribution in [0.15, 0.2) is 29.3 Å². The Morgan fingerprint density at radius 2 is 1.89 bits per heavy atom. The molecule has 0 aliphatic carbocycles. The summed E-state index contributed by atoms with van der Waals surface area (Å²) in [7, 11) is 1.89. The Kier molecular flexibility index (Phi) is 9.63. The van der Waals surface area contributed by atoms with Crippen LogP contribution in [0.25, 0.3) is 0 Å². The molecule has 1 unspecified atom stereocenters. The van der Waals surface area contributed by atoms with Gasteiger partial charge in [0.2, 0.25) is 0 Å². The van der Waals surface area contributed by atoms with Gasteiger partial charge in [0.05, 0.1) is 10.7 Å². The molecular weight excluding hydrogens is 485 g/mol. The Labute approximate surface area is 192 Å². The second-order valence-corrected chi connectivity index (χ2v) is 8.36. The first-order valence-electron chi connectivity index (χ1n) is 10.3. The van der Waals surface area contributed by atoms with Gasteiger partial charge in [-0.25, -0.2) is 0 Å². The number of piperazine rings is 1. The number of piperidine rings is 1. The Bertz CT molecular complexity index is 631. The summed E-state index contributed by atoms with van der Waals surface area (Å²) < 4.78 is 0. The average molecular weight is 520 g/mol. The molecule has 2 fully saturated rings. The van der Waals surface area contributed by atoms with E-state index in [-0.39, 0.29) is 24.0 Å². The van der Waals surface area contributed by atoms with E-state index in [1.54, 1.807) is 0 Å². The summed E-state index contributed by atoms with van der Waals surface area (Å²) in [5, 5.41) is 4.47. The van der Waals surface area contributed by atoms with Gasteiger partial charge in [-0.2, -0.15) is 0 Å². The zero-order chi connectivity index (χ0) is 19.2. The molecule has 3 rings (SSSR count). The number of para-hydroxylation sites is 1. The van der Waals surface area contributed by atoms with Crippen LogP contribution < -0.4 is 10.2 Å². The molecule has 1 aromatic rings. The fourth-order valence-electron chi connectivity index (χ4n) is 4.17. The van der Waals surface area contributed by atoms with Crippen molar-refractivity contribution in [3.63, 3.8) is 0 Å². The first-order valence-corrected chi connectivity index (χ1v) is 10.7. The van der Waals surface area contributed by atoms with E-state index >= 15 is 0 Å². The zero-order valence-electron chi connectivity index (χ0n) is 17.4. The molecule has 7 heteroatoms. The predicted octanol–water partition coefficient (Wildman–Crippen LogP) is 3.78. The fraction of sp³-hybridized carbons (Fsp3) is 0.667. The highest BCUT2D eigenvalue weighted by Crippen LogP contribution is 2.26.